The van der Waals surface area contributed by atoms with Gasteiger partial charge in [-0.3, -0.25) is 4.79 Å². The van der Waals surface area contributed by atoms with Crippen LogP contribution in [-0.2, 0) is 4.79 Å². The number of thioether (sulfide) groups is 1. The maximum Gasteiger partial charge on any atom is 0.260 e. The third-order valence-electron chi connectivity index (χ3n) is 3.02. The zero-order chi connectivity index (χ0) is 13.0. The molecule has 98 valence electrons. The summed E-state index contributed by atoms with van der Waals surface area (Å²) in [5, 5.41) is 0.516. The Morgan fingerprint density at radius 1 is 1.56 bits per heavy atom. The molecule has 1 aromatic rings. The number of carbonyl (C=O) groups is 1. The average molecular weight is 269 g/mol. The highest BCUT2D eigenvalue weighted by atomic mass is 32.2. The number of nitrogens with zero attached hydrogens (tertiary/aromatic N) is 1. The van der Waals surface area contributed by atoms with E-state index in [1.54, 1.807) is 28.8 Å². The topological polar surface area (TPSA) is 29.5 Å². The van der Waals surface area contributed by atoms with Gasteiger partial charge < -0.3 is 9.64 Å². The molecular formula is C13H16FNO2S. The third-order valence-corrected chi connectivity index (χ3v) is 4.07. The first-order valence-corrected chi connectivity index (χ1v) is 7.17. The fraction of sp³-hybridized carbons (Fsp3) is 0.462. The van der Waals surface area contributed by atoms with E-state index in [0.29, 0.717) is 5.25 Å². The minimum Gasteiger partial charge on any atom is -0.481 e. The summed E-state index contributed by atoms with van der Waals surface area (Å²) in [6, 6.07) is 6.12. The molecule has 5 heteroatoms. The second kappa shape index (κ2) is 6.09. The van der Waals surface area contributed by atoms with Gasteiger partial charge in [0.25, 0.3) is 5.91 Å². The van der Waals surface area contributed by atoms with Gasteiger partial charge in [-0.2, -0.15) is 11.8 Å². The summed E-state index contributed by atoms with van der Waals surface area (Å²) in [6.07, 6.45) is 3.07. The molecule has 0 spiro atoms. The van der Waals surface area contributed by atoms with Gasteiger partial charge in [0.05, 0.1) is 0 Å². The van der Waals surface area contributed by atoms with Gasteiger partial charge in [0.2, 0.25) is 0 Å². The van der Waals surface area contributed by atoms with Crippen LogP contribution in [0.5, 0.6) is 5.75 Å². The molecule has 1 heterocycles. The number of carbonyl (C=O) groups excluding carboxylic acids is 1. The van der Waals surface area contributed by atoms with Crippen molar-refractivity contribution >= 4 is 17.7 Å². The van der Waals surface area contributed by atoms with Gasteiger partial charge in [0.15, 0.2) is 18.2 Å². The SMILES string of the molecule is CSC1CCN(C(=O)COc2ccccc2F)C1. The average Bonchev–Trinajstić information content (AvgIpc) is 2.86. The minimum absolute atomic E-state index is 0.0743. The summed E-state index contributed by atoms with van der Waals surface area (Å²) in [4.78, 5) is 13.6. The number of likely N-dealkylation sites (tertiary alicyclic amines) is 1. The number of amides is 1. The normalized spacial score (nSPS) is 19.0. The van der Waals surface area contributed by atoms with Crippen molar-refractivity contribution in [2.45, 2.75) is 11.7 Å². The Hall–Kier alpha value is -1.23. The summed E-state index contributed by atoms with van der Waals surface area (Å²) in [7, 11) is 0. The Labute approximate surface area is 110 Å². The molecule has 2 rings (SSSR count). The van der Waals surface area contributed by atoms with E-state index < -0.39 is 5.82 Å². The molecule has 0 radical (unpaired) electrons. The van der Waals surface area contributed by atoms with Crippen LogP contribution >= 0.6 is 11.8 Å². The van der Waals surface area contributed by atoms with Crippen LogP contribution in [0.1, 0.15) is 6.42 Å². The number of hydrogen-bond donors (Lipinski definition) is 0. The molecule has 1 saturated heterocycles. The van der Waals surface area contributed by atoms with Crippen LogP contribution in [0.4, 0.5) is 4.39 Å². The first kappa shape index (κ1) is 13.2. The van der Waals surface area contributed by atoms with Crippen molar-refractivity contribution in [3.63, 3.8) is 0 Å². The fourth-order valence-corrected chi connectivity index (χ4v) is 2.61. The molecule has 0 bridgehead atoms. The summed E-state index contributed by atoms with van der Waals surface area (Å²) >= 11 is 1.78. The van der Waals surface area contributed by atoms with Gasteiger partial charge in [-0.25, -0.2) is 4.39 Å². The molecule has 0 saturated carbocycles. The Kier molecular flexibility index (Phi) is 4.47. The van der Waals surface area contributed by atoms with E-state index in [2.05, 4.69) is 6.26 Å². The Morgan fingerprint density at radius 3 is 3.00 bits per heavy atom. The minimum atomic E-state index is -0.436. The molecule has 1 fully saturated rings. The lowest BCUT2D eigenvalue weighted by molar-refractivity contribution is -0.132. The second-order valence-corrected chi connectivity index (χ2v) is 5.34. The number of ether oxygens (including phenoxy) is 1. The maximum absolute atomic E-state index is 13.3. The molecule has 0 aliphatic carbocycles. The van der Waals surface area contributed by atoms with Gasteiger partial charge in [-0.05, 0) is 24.8 Å². The molecule has 0 N–H and O–H groups in total. The van der Waals surface area contributed by atoms with Gasteiger partial charge >= 0.3 is 0 Å². The van der Waals surface area contributed by atoms with Gasteiger partial charge in [-0.15, -0.1) is 0 Å². The van der Waals surface area contributed by atoms with Crippen molar-refractivity contribution in [1.29, 1.82) is 0 Å². The standard InChI is InChI=1S/C13H16FNO2S/c1-18-10-6-7-15(8-10)13(16)9-17-12-5-3-2-4-11(12)14/h2-5,10H,6-9H2,1H3. The monoisotopic (exact) mass is 269 g/mol. The predicted octanol–water partition coefficient (Wildman–Crippen LogP) is 2.17. The summed E-state index contributed by atoms with van der Waals surface area (Å²) < 4.78 is 18.5. The lowest BCUT2D eigenvalue weighted by Crippen LogP contribution is -2.33. The lowest BCUT2D eigenvalue weighted by atomic mass is 10.3. The van der Waals surface area contributed by atoms with E-state index in [-0.39, 0.29) is 18.3 Å². The molecule has 1 atom stereocenters. The molecule has 1 aliphatic heterocycles. The second-order valence-electron chi connectivity index (χ2n) is 4.21. The first-order valence-electron chi connectivity index (χ1n) is 5.88. The largest absolute Gasteiger partial charge is 0.481 e. The van der Waals surface area contributed by atoms with Crippen LogP contribution in [-0.4, -0.2) is 42.0 Å². The first-order chi connectivity index (χ1) is 8.70. The molecule has 0 aromatic heterocycles. The Morgan fingerprint density at radius 2 is 2.33 bits per heavy atom. The molecule has 1 unspecified atom stereocenters. The van der Waals surface area contributed by atoms with E-state index in [1.807, 2.05) is 0 Å². The molecular weight excluding hydrogens is 253 g/mol. The van der Waals surface area contributed by atoms with E-state index in [0.717, 1.165) is 19.5 Å². The van der Waals surface area contributed by atoms with Crippen LogP contribution < -0.4 is 4.74 Å². The lowest BCUT2D eigenvalue weighted by Gasteiger charge is -2.16. The fourth-order valence-electron chi connectivity index (χ4n) is 1.94. The van der Waals surface area contributed by atoms with Crippen molar-refractivity contribution < 1.29 is 13.9 Å². The Bertz CT molecular complexity index is 427. The molecule has 1 aliphatic rings. The van der Waals surface area contributed by atoms with E-state index >= 15 is 0 Å². The van der Waals surface area contributed by atoms with Crippen molar-refractivity contribution in [2.75, 3.05) is 26.0 Å². The maximum atomic E-state index is 13.3. The molecule has 1 amide bonds. The third kappa shape index (κ3) is 3.16. The van der Waals surface area contributed by atoms with Crippen molar-refractivity contribution in [1.82, 2.24) is 4.90 Å². The summed E-state index contributed by atoms with van der Waals surface area (Å²) in [6.45, 7) is 1.44. The Balaban J connectivity index is 1.84. The highest BCUT2D eigenvalue weighted by Gasteiger charge is 2.25. The highest BCUT2D eigenvalue weighted by molar-refractivity contribution is 7.99. The van der Waals surface area contributed by atoms with E-state index in [9.17, 15) is 9.18 Å². The van der Waals surface area contributed by atoms with Crippen molar-refractivity contribution in [3.8, 4) is 5.75 Å². The van der Waals surface area contributed by atoms with Gasteiger partial charge in [0.1, 0.15) is 0 Å². The smallest absolute Gasteiger partial charge is 0.260 e. The quantitative estimate of drug-likeness (QED) is 0.839. The number of para-hydroxylation sites is 1. The van der Waals surface area contributed by atoms with E-state index in [4.69, 9.17) is 4.74 Å². The molecule has 18 heavy (non-hydrogen) atoms. The van der Waals surface area contributed by atoms with Crippen LogP contribution in [0.15, 0.2) is 24.3 Å². The zero-order valence-corrected chi connectivity index (χ0v) is 11.1. The summed E-state index contributed by atoms with van der Waals surface area (Å²) in [5.74, 6) is -0.380. The number of benzene rings is 1. The molecule has 3 nitrogen and oxygen atoms in total. The van der Waals surface area contributed by atoms with Crippen LogP contribution in [0.2, 0.25) is 0 Å². The van der Waals surface area contributed by atoms with E-state index in [1.165, 1.54) is 12.1 Å². The number of rotatable bonds is 4. The van der Waals surface area contributed by atoms with Crippen LogP contribution in [0.3, 0.4) is 0 Å². The van der Waals surface area contributed by atoms with Gasteiger partial charge in [0, 0.05) is 18.3 Å². The number of halogens is 1. The predicted molar refractivity (Wildman–Crippen MR) is 70.4 cm³/mol. The van der Waals surface area contributed by atoms with Crippen LogP contribution in [0.25, 0.3) is 0 Å². The number of hydrogen-bond acceptors (Lipinski definition) is 3. The molecule has 1 aromatic carbocycles. The van der Waals surface area contributed by atoms with Crippen molar-refractivity contribution in [3.05, 3.63) is 30.1 Å². The highest BCUT2D eigenvalue weighted by Crippen LogP contribution is 2.20. The summed E-state index contributed by atoms with van der Waals surface area (Å²) in [5.41, 5.74) is 0. The van der Waals surface area contributed by atoms with Crippen molar-refractivity contribution in [2.24, 2.45) is 0 Å². The van der Waals surface area contributed by atoms with Gasteiger partial charge in [-0.1, -0.05) is 12.1 Å². The zero-order valence-electron chi connectivity index (χ0n) is 10.3. The van der Waals surface area contributed by atoms with Crippen LogP contribution in [0, 0.1) is 5.82 Å².